The summed E-state index contributed by atoms with van der Waals surface area (Å²) in [4.78, 5) is 23.4. The summed E-state index contributed by atoms with van der Waals surface area (Å²) < 4.78 is 28.7. The van der Waals surface area contributed by atoms with E-state index in [0.29, 0.717) is 24.9 Å². The van der Waals surface area contributed by atoms with Crippen molar-refractivity contribution >= 4 is 22.4 Å². The van der Waals surface area contributed by atoms with Gasteiger partial charge in [0.25, 0.3) is 5.56 Å². The first-order valence-electron chi connectivity index (χ1n) is 6.80. The molecule has 8 nitrogen and oxygen atoms in total. The number of aryl methyl sites for hydroxylation is 1. The van der Waals surface area contributed by atoms with Crippen molar-refractivity contribution in [1.29, 1.82) is 0 Å². The van der Waals surface area contributed by atoms with Gasteiger partial charge in [-0.2, -0.15) is 4.31 Å². The van der Waals surface area contributed by atoms with Crippen LogP contribution in [0.4, 0.5) is 0 Å². The Kier molecular flexibility index (Phi) is 4.54. The zero-order chi connectivity index (χ0) is 15.4. The second-order valence-electron chi connectivity index (χ2n) is 5.75. The first-order valence-corrected chi connectivity index (χ1v) is 8.24. The van der Waals surface area contributed by atoms with Gasteiger partial charge in [0.2, 0.25) is 10.0 Å². The molecule has 3 heterocycles. The molecule has 0 spiro atoms. The highest BCUT2D eigenvalue weighted by molar-refractivity contribution is 7.89. The molecule has 0 saturated carbocycles. The van der Waals surface area contributed by atoms with Crippen LogP contribution >= 0.6 is 12.4 Å². The fourth-order valence-electron chi connectivity index (χ4n) is 3.10. The second-order valence-corrected chi connectivity index (χ2v) is 7.66. The van der Waals surface area contributed by atoms with Gasteiger partial charge in [-0.15, -0.1) is 12.4 Å². The van der Waals surface area contributed by atoms with Gasteiger partial charge in [-0.05, 0) is 24.9 Å². The summed E-state index contributed by atoms with van der Waals surface area (Å²) in [5.74, 6) is 0.604. The number of fused-ring (bicyclic) bond motifs is 1. The van der Waals surface area contributed by atoms with E-state index >= 15 is 0 Å². The molecule has 2 fully saturated rings. The molecule has 1 aromatic rings. The van der Waals surface area contributed by atoms with Crippen LogP contribution in [0.5, 0.6) is 0 Å². The molecule has 2 aliphatic rings. The van der Waals surface area contributed by atoms with Gasteiger partial charge in [0, 0.05) is 33.4 Å². The smallest absolute Gasteiger partial charge is 0.316 e. The Balaban J connectivity index is 0.00000176. The molecule has 1 aromatic heterocycles. The van der Waals surface area contributed by atoms with E-state index in [-0.39, 0.29) is 17.3 Å². The van der Waals surface area contributed by atoms with Gasteiger partial charge < -0.3 is 9.88 Å². The normalized spacial score (nSPS) is 25.0. The molecule has 124 valence electrons. The van der Waals surface area contributed by atoms with Crippen LogP contribution in [0.25, 0.3) is 0 Å². The summed E-state index contributed by atoms with van der Waals surface area (Å²) in [6.45, 7) is 2.46. The van der Waals surface area contributed by atoms with E-state index in [1.165, 1.54) is 18.4 Å². The summed E-state index contributed by atoms with van der Waals surface area (Å²) in [7, 11) is -1.14. The third-order valence-electron chi connectivity index (χ3n) is 4.39. The molecule has 0 unspecified atom stereocenters. The Hall–Kier alpha value is -1.16. The SMILES string of the molecule is Cl.Cn1cc(S(=O)(=O)N2C[C@H]3CNC[C@H]3C2)c(=O)n(C)c1=O. The van der Waals surface area contributed by atoms with Gasteiger partial charge in [0.1, 0.15) is 0 Å². The molecular weight excluding hydrogens is 332 g/mol. The Morgan fingerprint density at radius 2 is 1.68 bits per heavy atom. The minimum absolute atomic E-state index is 0. The van der Waals surface area contributed by atoms with E-state index in [9.17, 15) is 18.0 Å². The second kappa shape index (κ2) is 5.80. The lowest BCUT2D eigenvalue weighted by molar-refractivity contribution is 0.445. The van der Waals surface area contributed by atoms with Crippen LogP contribution in [0.3, 0.4) is 0 Å². The van der Waals surface area contributed by atoms with Crippen molar-refractivity contribution in [2.45, 2.75) is 4.90 Å². The lowest BCUT2D eigenvalue weighted by atomic mass is 10.0. The number of halogens is 1. The highest BCUT2D eigenvalue weighted by atomic mass is 35.5. The van der Waals surface area contributed by atoms with Crippen LogP contribution < -0.4 is 16.6 Å². The van der Waals surface area contributed by atoms with Gasteiger partial charge in [-0.25, -0.2) is 13.2 Å². The van der Waals surface area contributed by atoms with Gasteiger partial charge in [-0.3, -0.25) is 9.36 Å². The zero-order valence-electron chi connectivity index (χ0n) is 12.4. The van der Waals surface area contributed by atoms with Crippen LogP contribution in [-0.4, -0.2) is 48.0 Å². The number of hydrogen-bond acceptors (Lipinski definition) is 5. The standard InChI is InChI=1S/C12H18N4O4S.ClH/c1-14-7-10(11(17)15(2)12(14)18)21(19,20)16-5-8-3-13-4-9(8)6-16;/h7-9,13H,3-6H2,1-2H3;1H/t8-,9+;. The van der Waals surface area contributed by atoms with E-state index in [0.717, 1.165) is 28.4 Å². The molecule has 0 radical (unpaired) electrons. The molecule has 2 aliphatic heterocycles. The van der Waals surface area contributed by atoms with Crippen molar-refractivity contribution in [3.05, 3.63) is 27.0 Å². The lowest BCUT2D eigenvalue weighted by Gasteiger charge is -2.17. The fraction of sp³-hybridized carbons (Fsp3) is 0.667. The van der Waals surface area contributed by atoms with E-state index in [1.807, 2.05) is 0 Å². The van der Waals surface area contributed by atoms with Crippen molar-refractivity contribution in [3.63, 3.8) is 0 Å². The highest BCUT2D eigenvalue weighted by Gasteiger charge is 2.42. The molecule has 0 amide bonds. The van der Waals surface area contributed by atoms with Gasteiger partial charge in [-0.1, -0.05) is 0 Å². The summed E-state index contributed by atoms with van der Waals surface area (Å²) in [6.07, 6.45) is 1.12. The molecule has 2 saturated heterocycles. The Labute approximate surface area is 134 Å². The summed E-state index contributed by atoms with van der Waals surface area (Å²) in [5, 5.41) is 3.24. The lowest BCUT2D eigenvalue weighted by Crippen LogP contribution is -2.42. The average Bonchev–Trinajstić information content (AvgIpc) is 3.01. The van der Waals surface area contributed by atoms with Crippen molar-refractivity contribution in [1.82, 2.24) is 18.8 Å². The molecule has 0 aliphatic carbocycles. The zero-order valence-corrected chi connectivity index (χ0v) is 14.0. The Morgan fingerprint density at radius 3 is 2.23 bits per heavy atom. The summed E-state index contributed by atoms with van der Waals surface area (Å²) in [6, 6.07) is 0. The maximum absolute atomic E-state index is 12.7. The van der Waals surface area contributed by atoms with E-state index in [1.54, 1.807) is 0 Å². The third-order valence-corrected chi connectivity index (χ3v) is 6.20. The van der Waals surface area contributed by atoms with E-state index in [2.05, 4.69) is 5.32 Å². The molecular formula is C12H19ClN4O4S. The topological polar surface area (TPSA) is 93.4 Å². The molecule has 2 atom stereocenters. The largest absolute Gasteiger partial charge is 0.330 e. The van der Waals surface area contributed by atoms with Crippen molar-refractivity contribution < 1.29 is 8.42 Å². The fourth-order valence-corrected chi connectivity index (χ4v) is 4.80. The quantitative estimate of drug-likeness (QED) is 0.689. The Morgan fingerprint density at radius 1 is 1.14 bits per heavy atom. The van der Waals surface area contributed by atoms with Crippen LogP contribution in [-0.2, 0) is 24.1 Å². The van der Waals surface area contributed by atoms with Crippen molar-refractivity contribution in [2.75, 3.05) is 26.2 Å². The molecule has 1 N–H and O–H groups in total. The minimum atomic E-state index is -3.86. The molecule has 0 aromatic carbocycles. The molecule has 10 heteroatoms. The average molecular weight is 351 g/mol. The van der Waals surface area contributed by atoms with E-state index < -0.39 is 21.3 Å². The molecule has 0 bridgehead atoms. The van der Waals surface area contributed by atoms with Gasteiger partial charge >= 0.3 is 5.69 Å². The monoisotopic (exact) mass is 350 g/mol. The predicted octanol–water partition coefficient (Wildman–Crippen LogP) is -1.65. The highest BCUT2D eigenvalue weighted by Crippen LogP contribution is 2.29. The predicted molar refractivity (Wildman–Crippen MR) is 82.8 cm³/mol. The number of hydrogen-bond donors (Lipinski definition) is 1. The van der Waals surface area contributed by atoms with Crippen LogP contribution in [0.2, 0.25) is 0 Å². The number of sulfonamides is 1. The van der Waals surface area contributed by atoms with Crippen LogP contribution in [0, 0.1) is 11.8 Å². The summed E-state index contributed by atoms with van der Waals surface area (Å²) in [5.41, 5.74) is -1.31. The number of aromatic nitrogens is 2. The first-order chi connectivity index (χ1) is 9.82. The number of rotatable bonds is 2. The van der Waals surface area contributed by atoms with Crippen molar-refractivity contribution in [2.24, 2.45) is 25.9 Å². The maximum Gasteiger partial charge on any atom is 0.330 e. The van der Waals surface area contributed by atoms with Crippen molar-refractivity contribution in [3.8, 4) is 0 Å². The number of nitrogens with zero attached hydrogens (tertiary/aromatic N) is 3. The molecule has 22 heavy (non-hydrogen) atoms. The van der Waals surface area contributed by atoms with E-state index in [4.69, 9.17) is 0 Å². The third kappa shape index (κ3) is 2.51. The number of nitrogens with one attached hydrogen (secondary N) is 1. The first kappa shape index (κ1) is 17.2. The maximum atomic E-state index is 12.7. The summed E-state index contributed by atoms with van der Waals surface area (Å²) >= 11 is 0. The Bertz CT molecular complexity index is 788. The minimum Gasteiger partial charge on any atom is -0.316 e. The molecule has 3 rings (SSSR count). The van der Waals surface area contributed by atoms with Crippen LogP contribution in [0.15, 0.2) is 20.7 Å². The van der Waals surface area contributed by atoms with Crippen LogP contribution in [0.1, 0.15) is 0 Å². The van der Waals surface area contributed by atoms with Gasteiger partial charge in [0.15, 0.2) is 4.90 Å². The van der Waals surface area contributed by atoms with Gasteiger partial charge in [0.05, 0.1) is 0 Å².